The minimum Gasteiger partial charge on any atom is -0.324 e. The van der Waals surface area contributed by atoms with E-state index in [9.17, 15) is 0 Å². The first-order chi connectivity index (χ1) is 8.69. The zero-order chi connectivity index (χ0) is 12.7. The molecule has 0 radical (unpaired) electrons. The average Bonchev–Trinajstić information content (AvgIpc) is 2.89. The zero-order valence-corrected chi connectivity index (χ0v) is 11.3. The van der Waals surface area contributed by atoms with Crippen LogP contribution in [0.3, 0.4) is 0 Å². The highest BCUT2D eigenvalue weighted by Gasteiger charge is 2.15. The Morgan fingerprint density at radius 3 is 2.83 bits per heavy atom. The molecular formula is C10H7Cl2N5S. The van der Waals surface area contributed by atoms with Crippen molar-refractivity contribution in [3.05, 3.63) is 33.3 Å². The maximum atomic E-state index is 6.15. The van der Waals surface area contributed by atoms with Crippen LogP contribution in [0.2, 0.25) is 10.0 Å². The van der Waals surface area contributed by atoms with Gasteiger partial charge in [-0.1, -0.05) is 34.5 Å². The van der Waals surface area contributed by atoms with Crippen LogP contribution in [0.4, 0.5) is 0 Å². The Hall–Kier alpha value is -1.21. The van der Waals surface area contributed by atoms with E-state index in [0.29, 0.717) is 27.4 Å². The predicted octanol–water partition coefficient (Wildman–Crippen LogP) is 2.62. The number of benzene rings is 1. The van der Waals surface area contributed by atoms with Crippen LogP contribution in [-0.2, 0) is 6.54 Å². The van der Waals surface area contributed by atoms with E-state index >= 15 is 0 Å². The Balaban J connectivity index is 2.21. The molecule has 0 atom stereocenters. The molecule has 8 heteroatoms. The quantitative estimate of drug-likeness (QED) is 0.790. The van der Waals surface area contributed by atoms with Gasteiger partial charge in [0.1, 0.15) is 5.01 Å². The van der Waals surface area contributed by atoms with Crippen molar-refractivity contribution in [1.29, 1.82) is 0 Å². The third-order valence-corrected chi connectivity index (χ3v) is 3.85. The van der Waals surface area contributed by atoms with Crippen molar-refractivity contribution in [1.82, 2.24) is 19.8 Å². The molecule has 5 nitrogen and oxygen atoms in total. The van der Waals surface area contributed by atoms with Crippen LogP contribution in [0.25, 0.3) is 16.3 Å². The number of aromatic nitrogens is 4. The standard InChI is InChI=1S/C10H7Cl2N5S/c11-5-1-2-6(7(12)3-5)9-14-15-10-17(9)16-8(4-13)18-10/h1-3H,4,13H2. The molecule has 0 aliphatic heterocycles. The van der Waals surface area contributed by atoms with E-state index in [4.69, 9.17) is 28.9 Å². The van der Waals surface area contributed by atoms with Crippen molar-refractivity contribution < 1.29 is 0 Å². The second-order valence-electron chi connectivity index (χ2n) is 3.54. The monoisotopic (exact) mass is 299 g/mol. The summed E-state index contributed by atoms with van der Waals surface area (Å²) in [6, 6.07) is 5.21. The zero-order valence-electron chi connectivity index (χ0n) is 8.97. The van der Waals surface area contributed by atoms with Crippen LogP contribution in [0, 0.1) is 0 Å². The van der Waals surface area contributed by atoms with Crippen molar-refractivity contribution in [3.8, 4) is 11.4 Å². The van der Waals surface area contributed by atoms with Gasteiger partial charge in [-0.05, 0) is 18.2 Å². The molecule has 0 unspecified atom stereocenters. The summed E-state index contributed by atoms with van der Waals surface area (Å²) in [5.74, 6) is 0.586. The maximum Gasteiger partial charge on any atom is 0.235 e. The lowest BCUT2D eigenvalue weighted by Gasteiger charge is -2.00. The minimum absolute atomic E-state index is 0.377. The number of rotatable bonds is 2. The fraction of sp³-hybridized carbons (Fsp3) is 0.100. The molecule has 0 spiro atoms. The molecule has 0 amide bonds. The van der Waals surface area contributed by atoms with E-state index in [1.807, 2.05) is 0 Å². The molecule has 0 aliphatic carbocycles. The second kappa shape index (κ2) is 4.47. The number of nitrogens with two attached hydrogens (primary N) is 1. The van der Waals surface area contributed by atoms with Crippen LogP contribution < -0.4 is 5.73 Å². The van der Waals surface area contributed by atoms with Gasteiger partial charge in [0.15, 0.2) is 5.82 Å². The first kappa shape index (κ1) is 11.9. The van der Waals surface area contributed by atoms with Gasteiger partial charge < -0.3 is 5.73 Å². The van der Waals surface area contributed by atoms with Gasteiger partial charge in [-0.3, -0.25) is 0 Å². The topological polar surface area (TPSA) is 69.1 Å². The highest BCUT2D eigenvalue weighted by molar-refractivity contribution is 7.16. The molecule has 2 heterocycles. The number of nitrogens with zero attached hydrogens (tertiary/aromatic N) is 4. The van der Waals surface area contributed by atoms with Crippen molar-refractivity contribution in [3.63, 3.8) is 0 Å². The summed E-state index contributed by atoms with van der Waals surface area (Å²) in [6.07, 6.45) is 0. The lowest BCUT2D eigenvalue weighted by Crippen LogP contribution is -1.98. The third-order valence-electron chi connectivity index (χ3n) is 2.38. The Kier molecular flexibility index (Phi) is 2.95. The lowest BCUT2D eigenvalue weighted by molar-refractivity contribution is 0.894. The van der Waals surface area contributed by atoms with Gasteiger partial charge in [0.25, 0.3) is 0 Å². The van der Waals surface area contributed by atoms with Gasteiger partial charge in [-0.25, -0.2) is 0 Å². The summed E-state index contributed by atoms with van der Waals surface area (Å²) in [7, 11) is 0. The van der Waals surface area contributed by atoms with Crippen molar-refractivity contribution in [2.75, 3.05) is 0 Å². The van der Waals surface area contributed by atoms with E-state index in [1.54, 1.807) is 22.7 Å². The first-order valence-electron chi connectivity index (χ1n) is 5.05. The summed E-state index contributed by atoms with van der Waals surface area (Å²) in [6.45, 7) is 0.377. The molecule has 1 aromatic carbocycles. The van der Waals surface area contributed by atoms with Crippen LogP contribution in [0.15, 0.2) is 18.2 Å². The molecule has 0 bridgehead atoms. The van der Waals surface area contributed by atoms with Gasteiger partial charge in [-0.2, -0.15) is 9.61 Å². The number of halogens is 2. The molecule has 3 rings (SSSR count). The molecule has 0 fully saturated rings. The Bertz CT molecular complexity index is 720. The van der Waals surface area contributed by atoms with E-state index in [0.717, 1.165) is 10.6 Å². The summed E-state index contributed by atoms with van der Waals surface area (Å²) in [5, 5.41) is 14.3. The van der Waals surface area contributed by atoms with Gasteiger partial charge in [0.2, 0.25) is 4.96 Å². The van der Waals surface area contributed by atoms with Crippen molar-refractivity contribution >= 4 is 39.5 Å². The first-order valence-corrected chi connectivity index (χ1v) is 6.63. The van der Waals surface area contributed by atoms with E-state index in [1.165, 1.54) is 11.3 Å². The van der Waals surface area contributed by atoms with E-state index in [-0.39, 0.29) is 0 Å². The van der Waals surface area contributed by atoms with Crippen molar-refractivity contribution in [2.45, 2.75) is 6.54 Å². The van der Waals surface area contributed by atoms with E-state index in [2.05, 4.69) is 15.3 Å². The molecule has 0 saturated carbocycles. The molecule has 18 heavy (non-hydrogen) atoms. The number of hydrogen-bond acceptors (Lipinski definition) is 5. The van der Waals surface area contributed by atoms with Crippen LogP contribution in [0.5, 0.6) is 0 Å². The molecule has 0 aliphatic rings. The van der Waals surface area contributed by atoms with Gasteiger partial charge in [0, 0.05) is 17.1 Å². The fourth-order valence-corrected chi connectivity index (χ4v) is 2.78. The highest BCUT2D eigenvalue weighted by Crippen LogP contribution is 2.30. The van der Waals surface area contributed by atoms with Crippen molar-refractivity contribution in [2.24, 2.45) is 5.73 Å². The molecular weight excluding hydrogens is 293 g/mol. The Labute approximate surface area is 116 Å². The smallest absolute Gasteiger partial charge is 0.235 e. The van der Waals surface area contributed by atoms with Gasteiger partial charge in [-0.15, -0.1) is 10.2 Å². The molecule has 0 saturated heterocycles. The van der Waals surface area contributed by atoms with Crippen LogP contribution in [0.1, 0.15) is 5.01 Å². The maximum absolute atomic E-state index is 6.15. The van der Waals surface area contributed by atoms with Gasteiger partial charge in [0.05, 0.1) is 5.02 Å². The van der Waals surface area contributed by atoms with E-state index < -0.39 is 0 Å². The largest absolute Gasteiger partial charge is 0.324 e. The highest BCUT2D eigenvalue weighted by atomic mass is 35.5. The summed E-state index contributed by atoms with van der Waals surface area (Å²) in [4.78, 5) is 0.691. The van der Waals surface area contributed by atoms with Crippen LogP contribution >= 0.6 is 34.5 Å². The Morgan fingerprint density at radius 2 is 2.11 bits per heavy atom. The van der Waals surface area contributed by atoms with Gasteiger partial charge >= 0.3 is 0 Å². The minimum atomic E-state index is 0.377. The number of fused-ring (bicyclic) bond motifs is 1. The predicted molar refractivity (Wildman–Crippen MR) is 72.0 cm³/mol. The average molecular weight is 300 g/mol. The fourth-order valence-electron chi connectivity index (χ4n) is 1.58. The summed E-state index contributed by atoms with van der Waals surface area (Å²) < 4.78 is 1.64. The SMILES string of the molecule is NCc1nn2c(-c3ccc(Cl)cc3Cl)nnc2s1. The number of hydrogen-bond donors (Lipinski definition) is 1. The summed E-state index contributed by atoms with van der Waals surface area (Å²) in [5.41, 5.74) is 6.29. The normalized spacial score (nSPS) is 11.3. The Morgan fingerprint density at radius 1 is 1.28 bits per heavy atom. The third kappa shape index (κ3) is 1.87. The molecule has 92 valence electrons. The lowest BCUT2D eigenvalue weighted by atomic mass is 10.2. The molecule has 2 N–H and O–H groups in total. The molecule has 2 aromatic heterocycles. The second-order valence-corrected chi connectivity index (χ2v) is 5.43. The molecule has 3 aromatic rings. The van der Waals surface area contributed by atoms with Crippen LogP contribution in [-0.4, -0.2) is 19.8 Å². The summed E-state index contributed by atoms with van der Waals surface area (Å²) >= 11 is 13.4.